The Morgan fingerprint density at radius 1 is 1.11 bits per heavy atom. The van der Waals surface area contributed by atoms with E-state index in [0.29, 0.717) is 43.9 Å². The molecular weight excluding hydrogens is 366 g/mol. The standard InChI is InChI=1S/C19H27N3O4S/c1-14(23)21-9-11-22(12-10-21)19(25)17(8-13-27-3)20-18(24)15-4-6-16(26-2)7-5-15/h4-7,17H,8-13H2,1-3H3,(H,20,24)/t17-/m0/s1. The van der Waals surface area contributed by atoms with Crippen LogP contribution >= 0.6 is 11.8 Å². The lowest BCUT2D eigenvalue weighted by molar-refractivity contribution is -0.139. The highest BCUT2D eigenvalue weighted by Crippen LogP contribution is 2.13. The lowest BCUT2D eigenvalue weighted by Gasteiger charge is -2.36. The lowest BCUT2D eigenvalue weighted by Crippen LogP contribution is -2.55. The van der Waals surface area contributed by atoms with Crippen molar-refractivity contribution in [1.29, 1.82) is 0 Å². The van der Waals surface area contributed by atoms with E-state index in [0.717, 1.165) is 5.75 Å². The van der Waals surface area contributed by atoms with Gasteiger partial charge in [-0.2, -0.15) is 11.8 Å². The maximum Gasteiger partial charge on any atom is 0.251 e. The Morgan fingerprint density at radius 2 is 1.70 bits per heavy atom. The van der Waals surface area contributed by atoms with Gasteiger partial charge in [-0.3, -0.25) is 14.4 Å². The first-order chi connectivity index (χ1) is 13.0. The highest BCUT2D eigenvalue weighted by molar-refractivity contribution is 7.98. The summed E-state index contributed by atoms with van der Waals surface area (Å²) >= 11 is 1.63. The van der Waals surface area contributed by atoms with Crippen molar-refractivity contribution in [1.82, 2.24) is 15.1 Å². The molecule has 148 valence electrons. The van der Waals surface area contributed by atoms with Gasteiger partial charge >= 0.3 is 0 Å². The van der Waals surface area contributed by atoms with Crippen molar-refractivity contribution in [2.75, 3.05) is 45.3 Å². The molecule has 2 rings (SSSR count). The molecule has 1 N–H and O–H groups in total. The fraction of sp³-hybridized carbons (Fsp3) is 0.526. The van der Waals surface area contributed by atoms with Crippen LogP contribution in [0, 0.1) is 0 Å². The van der Waals surface area contributed by atoms with Crippen LogP contribution in [-0.4, -0.2) is 78.9 Å². The van der Waals surface area contributed by atoms with Gasteiger partial charge < -0.3 is 19.9 Å². The van der Waals surface area contributed by atoms with E-state index < -0.39 is 6.04 Å². The molecule has 0 aromatic heterocycles. The summed E-state index contributed by atoms with van der Waals surface area (Å²) in [6.45, 7) is 3.58. The molecule has 1 aromatic carbocycles. The molecule has 1 heterocycles. The van der Waals surface area contributed by atoms with Crippen molar-refractivity contribution in [3.8, 4) is 5.75 Å². The van der Waals surface area contributed by atoms with Gasteiger partial charge in [-0.15, -0.1) is 0 Å². The molecule has 0 saturated carbocycles. The van der Waals surface area contributed by atoms with E-state index in [1.807, 2.05) is 6.26 Å². The highest BCUT2D eigenvalue weighted by Gasteiger charge is 2.29. The number of hydrogen-bond acceptors (Lipinski definition) is 5. The Bertz CT molecular complexity index is 657. The minimum atomic E-state index is -0.573. The SMILES string of the molecule is COc1ccc(C(=O)N[C@@H](CCSC)C(=O)N2CCN(C(C)=O)CC2)cc1. The van der Waals surface area contributed by atoms with Crippen molar-refractivity contribution < 1.29 is 19.1 Å². The normalized spacial score (nSPS) is 15.2. The summed E-state index contributed by atoms with van der Waals surface area (Å²) in [6, 6.07) is 6.21. The Balaban J connectivity index is 2.01. The molecule has 1 aliphatic heterocycles. The van der Waals surface area contributed by atoms with Crippen molar-refractivity contribution >= 4 is 29.5 Å². The van der Waals surface area contributed by atoms with E-state index in [4.69, 9.17) is 4.74 Å². The van der Waals surface area contributed by atoms with Crippen molar-refractivity contribution in [3.63, 3.8) is 0 Å². The fourth-order valence-corrected chi connectivity index (χ4v) is 3.41. The number of amides is 3. The number of benzene rings is 1. The van der Waals surface area contributed by atoms with E-state index in [9.17, 15) is 14.4 Å². The largest absolute Gasteiger partial charge is 0.497 e. The van der Waals surface area contributed by atoms with Gasteiger partial charge in [-0.1, -0.05) is 0 Å². The smallest absolute Gasteiger partial charge is 0.251 e. The number of nitrogens with one attached hydrogen (secondary N) is 1. The molecule has 1 atom stereocenters. The number of rotatable bonds is 7. The predicted octanol–water partition coefficient (Wildman–Crippen LogP) is 1.24. The predicted molar refractivity (Wildman–Crippen MR) is 106 cm³/mol. The second-order valence-corrected chi connectivity index (χ2v) is 7.35. The van der Waals surface area contributed by atoms with Gasteiger partial charge in [0.05, 0.1) is 7.11 Å². The van der Waals surface area contributed by atoms with Gasteiger partial charge in [0.15, 0.2) is 0 Å². The molecule has 0 radical (unpaired) electrons. The Kier molecular flexibility index (Phi) is 7.97. The number of nitrogens with zero attached hydrogens (tertiary/aromatic N) is 2. The van der Waals surface area contributed by atoms with Crippen LogP contribution in [-0.2, 0) is 9.59 Å². The van der Waals surface area contributed by atoms with Crippen LogP contribution in [0.2, 0.25) is 0 Å². The molecule has 0 bridgehead atoms. The third-order valence-corrected chi connectivity index (χ3v) is 5.25. The first kappa shape index (κ1) is 21.1. The number of ether oxygens (including phenoxy) is 1. The number of thioether (sulfide) groups is 1. The zero-order valence-electron chi connectivity index (χ0n) is 16.1. The second-order valence-electron chi connectivity index (χ2n) is 6.37. The summed E-state index contributed by atoms with van der Waals surface area (Å²) in [5, 5.41) is 2.87. The number of carbonyl (C=O) groups is 3. The van der Waals surface area contributed by atoms with Crippen molar-refractivity contribution in [2.45, 2.75) is 19.4 Å². The van der Waals surface area contributed by atoms with Crippen molar-refractivity contribution in [2.24, 2.45) is 0 Å². The average molecular weight is 394 g/mol. The van der Waals surface area contributed by atoms with Gasteiger partial charge in [0, 0.05) is 38.7 Å². The fourth-order valence-electron chi connectivity index (χ4n) is 2.94. The van der Waals surface area contributed by atoms with Gasteiger partial charge in [-0.05, 0) is 42.7 Å². The summed E-state index contributed by atoms with van der Waals surface area (Å²) in [4.78, 5) is 40.4. The number of carbonyl (C=O) groups excluding carboxylic acids is 3. The third-order valence-electron chi connectivity index (χ3n) is 4.60. The molecule has 0 spiro atoms. The molecule has 1 fully saturated rings. The molecule has 1 aliphatic rings. The Labute approximate surface area is 164 Å². The summed E-state index contributed by atoms with van der Waals surface area (Å²) in [5.74, 6) is 1.10. The van der Waals surface area contributed by atoms with Crippen LogP contribution in [0.25, 0.3) is 0 Å². The Hall–Kier alpha value is -2.22. The van der Waals surface area contributed by atoms with E-state index in [1.165, 1.54) is 6.92 Å². The van der Waals surface area contributed by atoms with Crippen LogP contribution in [0.15, 0.2) is 24.3 Å². The molecular formula is C19H27N3O4S. The topological polar surface area (TPSA) is 79.0 Å². The van der Waals surface area contributed by atoms with E-state index in [-0.39, 0.29) is 17.7 Å². The summed E-state index contributed by atoms with van der Waals surface area (Å²) < 4.78 is 5.10. The van der Waals surface area contributed by atoms with E-state index in [1.54, 1.807) is 52.9 Å². The highest BCUT2D eigenvalue weighted by atomic mass is 32.2. The number of hydrogen-bond donors (Lipinski definition) is 1. The van der Waals surface area contributed by atoms with Crippen molar-refractivity contribution in [3.05, 3.63) is 29.8 Å². The monoisotopic (exact) mass is 393 g/mol. The van der Waals surface area contributed by atoms with Crippen LogP contribution in [0.4, 0.5) is 0 Å². The van der Waals surface area contributed by atoms with Gasteiger partial charge in [0.2, 0.25) is 11.8 Å². The summed E-state index contributed by atoms with van der Waals surface area (Å²) in [6.07, 6.45) is 2.53. The van der Waals surface area contributed by atoms with Crippen LogP contribution < -0.4 is 10.1 Å². The first-order valence-corrected chi connectivity index (χ1v) is 10.3. The van der Waals surface area contributed by atoms with Gasteiger partial charge in [0.25, 0.3) is 5.91 Å². The van der Waals surface area contributed by atoms with Crippen LogP contribution in [0.3, 0.4) is 0 Å². The minimum Gasteiger partial charge on any atom is -0.497 e. The molecule has 0 aliphatic carbocycles. The summed E-state index contributed by atoms with van der Waals surface area (Å²) in [7, 11) is 1.57. The second kappa shape index (κ2) is 10.2. The van der Waals surface area contributed by atoms with E-state index >= 15 is 0 Å². The van der Waals surface area contributed by atoms with Gasteiger partial charge in [0.1, 0.15) is 11.8 Å². The first-order valence-electron chi connectivity index (χ1n) is 8.94. The third kappa shape index (κ3) is 5.89. The molecule has 27 heavy (non-hydrogen) atoms. The maximum absolute atomic E-state index is 12.9. The van der Waals surface area contributed by atoms with Gasteiger partial charge in [-0.25, -0.2) is 0 Å². The maximum atomic E-state index is 12.9. The molecule has 1 saturated heterocycles. The lowest BCUT2D eigenvalue weighted by atomic mass is 10.1. The molecule has 7 nitrogen and oxygen atoms in total. The number of methoxy groups -OCH3 is 1. The molecule has 8 heteroatoms. The number of piperazine rings is 1. The molecule has 1 aromatic rings. The zero-order valence-corrected chi connectivity index (χ0v) is 16.9. The molecule has 3 amide bonds. The minimum absolute atomic E-state index is 0.0221. The summed E-state index contributed by atoms with van der Waals surface area (Å²) in [5.41, 5.74) is 0.485. The zero-order chi connectivity index (χ0) is 19.8. The van der Waals surface area contributed by atoms with Crippen LogP contribution in [0.1, 0.15) is 23.7 Å². The quantitative estimate of drug-likeness (QED) is 0.754. The Morgan fingerprint density at radius 3 is 2.22 bits per heavy atom. The molecule has 0 unspecified atom stereocenters. The van der Waals surface area contributed by atoms with Crippen LogP contribution in [0.5, 0.6) is 5.75 Å². The average Bonchev–Trinajstić information content (AvgIpc) is 2.70. The van der Waals surface area contributed by atoms with E-state index in [2.05, 4.69) is 5.32 Å².